The minimum absolute atomic E-state index is 0. The van der Waals surface area contributed by atoms with Crippen molar-refractivity contribution in [3.05, 3.63) is 45.9 Å². The number of guanidine groups is 1. The predicted octanol–water partition coefficient (Wildman–Crippen LogP) is 3.76. The lowest BCUT2D eigenvalue weighted by Crippen LogP contribution is -2.36. The molecule has 0 radical (unpaired) electrons. The molecular formula is C17H25IN4OS. The molecule has 24 heavy (non-hydrogen) atoms. The maximum atomic E-state index is 5.23. The summed E-state index contributed by atoms with van der Waals surface area (Å²) in [4.78, 5) is 8.86. The summed E-state index contributed by atoms with van der Waals surface area (Å²) in [6, 6.07) is 7.98. The van der Waals surface area contributed by atoms with Crippen LogP contribution in [-0.4, -0.2) is 25.1 Å². The molecule has 0 aliphatic heterocycles. The number of nitrogens with zero attached hydrogens (tertiary/aromatic N) is 2. The Hall–Kier alpha value is -1.35. The second-order valence-corrected chi connectivity index (χ2v) is 6.39. The third-order valence-electron chi connectivity index (χ3n) is 3.39. The van der Waals surface area contributed by atoms with Crippen LogP contribution in [0.4, 0.5) is 0 Å². The van der Waals surface area contributed by atoms with Gasteiger partial charge in [0, 0.05) is 19.0 Å². The van der Waals surface area contributed by atoms with Crippen LogP contribution < -0.4 is 15.4 Å². The van der Waals surface area contributed by atoms with Gasteiger partial charge in [0.05, 0.1) is 19.3 Å². The molecule has 2 N–H and O–H groups in total. The number of rotatable bonds is 6. The Bertz CT molecular complexity index is 658. The summed E-state index contributed by atoms with van der Waals surface area (Å²) in [7, 11) is 3.44. The molecule has 5 nitrogen and oxygen atoms in total. The van der Waals surface area contributed by atoms with Crippen molar-refractivity contribution < 1.29 is 4.74 Å². The molecule has 0 unspecified atom stereocenters. The molecule has 1 aromatic carbocycles. The normalized spacial score (nSPS) is 11.1. The minimum atomic E-state index is 0. The highest BCUT2D eigenvalue weighted by atomic mass is 127. The first kappa shape index (κ1) is 20.7. The van der Waals surface area contributed by atoms with Crippen LogP contribution in [0.1, 0.15) is 36.0 Å². The van der Waals surface area contributed by atoms with E-state index in [1.54, 1.807) is 25.5 Å². The molecule has 2 rings (SSSR count). The SMILES string of the molecule is CN=C(NCc1cccc(OC)c1)NCc1nc(C(C)C)cs1.I. The molecule has 0 aliphatic carbocycles. The summed E-state index contributed by atoms with van der Waals surface area (Å²) < 4.78 is 5.23. The molecule has 0 spiro atoms. The molecule has 0 fully saturated rings. The lowest BCUT2D eigenvalue weighted by Gasteiger charge is -2.11. The van der Waals surface area contributed by atoms with E-state index in [9.17, 15) is 0 Å². The number of aromatic nitrogens is 1. The standard InChI is InChI=1S/C17H24N4OS.HI/c1-12(2)15-11-23-16(21-15)10-20-17(18-3)19-9-13-6-5-7-14(8-13)22-4;/h5-8,11-12H,9-10H2,1-4H3,(H2,18,19,20);1H. The quantitative estimate of drug-likeness (QED) is 0.392. The molecule has 2 aromatic rings. The number of nitrogens with one attached hydrogen (secondary N) is 2. The van der Waals surface area contributed by atoms with Crippen molar-refractivity contribution in [3.63, 3.8) is 0 Å². The fourth-order valence-corrected chi connectivity index (χ4v) is 2.91. The van der Waals surface area contributed by atoms with Crippen LogP contribution in [0.3, 0.4) is 0 Å². The first-order chi connectivity index (χ1) is 11.1. The number of hydrogen-bond donors (Lipinski definition) is 2. The van der Waals surface area contributed by atoms with Gasteiger partial charge in [-0.1, -0.05) is 26.0 Å². The summed E-state index contributed by atoms with van der Waals surface area (Å²) in [5.74, 6) is 2.08. The monoisotopic (exact) mass is 460 g/mol. The molecule has 7 heteroatoms. The van der Waals surface area contributed by atoms with E-state index in [0.717, 1.165) is 28.0 Å². The summed E-state index contributed by atoms with van der Waals surface area (Å²) >= 11 is 1.68. The minimum Gasteiger partial charge on any atom is -0.497 e. The number of benzene rings is 1. The predicted molar refractivity (Wildman–Crippen MR) is 112 cm³/mol. The second-order valence-electron chi connectivity index (χ2n) is 5.45. The molecule has 0 saturated carbocycles. The smallest absolute Gasteiger partial charge is 0.191 e. The van der Waals surface area contributed by atoms with E-state index in [4.69, 9.17) is 4.74 Å². The van der Waals surface area contributed by atoms with Crippen molar-refractivity contribution in [2.75, 3.05) is 14.2 Å². The fraction of sp³-hybridized carbons (Fsp3) is 0.412. The largest absolute Gasteiger partial charge is 0.497 e. The van der Waals surface area contributed by atoms with E-state index in [1.165, 1.54) is 0 Å². The number of aliphatic imine (C=N–C) groups is 1. The van der Waals surface area contributed by atoms with Crippen LogP contribution in [0.25, 0.3) is 0 Å². The summed E-state index contributed by atoms with van der Waals surface area (Å²) in [6.45, 7) is 5.67. The van der Waals surface area contributed by atoms with Gasteiger partial charge in [-0.3, -0.25) is 4.99 Å². The van der Waals surface area contributed by atoms with Crippen molar-refractivity contribution in [2.45, 2.75) is 32.9 Å². The van der Waals surface area contributed by atoms with Crippen LogP contribution in [-0.2, 0) is 13.1 Å². The molecule has 0 bridgehead atoms. The second kappa shape index (κ2) is 10.5. The lowest BCUT2D eigenvalue weighted by molar-refractivity contribution is 0.414. The number of halogens is 1. The van der Waals surface area contributed by atoms with Crippen molar-refractivity contribution in [3.8, 4) is 5.75 Å². The van der Waals surface area contributed by atoms with Gasteiger partial charge in [0.2, 0.25) is 0 Å². The number of methoxy groups -OCH3 is 1. The zero-order chi connectivity index (χ0) is 16.7. The lowest BCUT2D eigenvalue weighted by atomic mass is 10.2. The van der Waals surface area contributed by atoms with Gasteiger partial charge in [0.25, 0.3) is 0 Å². The maximum absolute atomic E-state index is 5.23. The summed E-state index contributed by atoms with van der Waals surface area (Å²) in [6.07, 6.45) is 0. The number of thiazole rings is 1. The van der Waals surface area contributed by atoms with Crippen molar-refractivity contribution in [1.82, 2.24) is 15.6 Å². The highest BCUT2D eigenvalue weighted by Crippen LogP contribution is 2.17. The van der Waals surface area contributed by atoms with Gasteiger partial charge in [-0.05, 0) is 23.6 Å². The third kappa shape index (κ3) is 6.27. The molecular weight excluding hydrogens is 435 g/mol. The number of ether oxygens (including phenoxy) is 1. The first-order valence-electron chi connectivity index (χ1n) is 7.64. The van der Waals surface area contributed by atoms with Gasteiger partial charge >= 0.3 is 0 Å². The van der Waals surface area contributed by atoms with Crippen molar-refractivity contribution in [2.24, 2.45) is 4.99 Å². The Morgan fingerprint density at radius 1 is 1.29 bits per heavy atom. The molecule has 1 aromatic heterocycles. The van der Waals surface area contributed by atoms with Crippen LogP contribution >= 0.6 is 35.3 Å². The summed E-state index contributed by atoms with van der Waals surface area (Å²) in [5.41, 5.74) is 2.29. The highest BCUT2D eigenvalue weighted by molar-refractivity contribution is 14.0. The average Bonchev–Trinajstić information content (AvgIpc) is 3.04. The van der Waals surface area contributed by atoms with Gasteiger partial charge in [-0.15, -0.1) is 35.3 Å². The van der Waals surface area contributed by atoms with E-state index in [1.807, 2.05) is 18.2 Å². The summed E-state index contributed by atoms with van der Waals surface area (Å²) in [5, 5.41) is 9.78. The Balaban J connectivity index is 0.00000288. The van der Waals surface area contributed by atoms with Gasteiger partial charge in [0.1, 0.15) is 10.8 Å². The van der Waals surface area contributed by atoms with Gasteiger partial charge < -0.3 is 15.4 Å². The van der Waals surface area contributed by atoms with Gasteiger partial charge in [0.15, 0.2) is 5.96 Å². The Kier molecular flexibility index (Phi) is 9.05. The number of hydrogen-bond acceptors (Lipinski definition) is 4. The molecule has 0 atom stereocenters. The Morgan fingerprint density at radius 2 is 2.04 bits per heavy atom. The molecule has 0 saturated heterocycles. The molecule has 0 aliphatic rings. The van der Waals surface area contributed by atoms with Gasteiger partial charge in [-0.2, -0.15) is 0 Å². The van der Waals surface area contributed by atoms with Crippen LogP contribution in [0.2, 0.25) is 0 Å². The third-order valence-corrected chi connectivity index (χ3v) is 4.25. The van der Waals surface area contributed by atoms with E-state index in [-0.39, 0.29) is 24.0 Å². The Labute approximate surface area is 165 Å². The molecule has 132 valence electrons. The zero-order valence-corrected chi connectivity index (χ0v) is 17.6. The molecule has 0 amide bonds. The van der Waals surface area contributed by atoms with Crippen molar-refractivity contribution >= 4 is 41.3 Å². The van der Waals surface area contributed by atoms with E-state index in [0.29, 0.717) is 19.0 Å². The van der Waals surface area contributed by atoms with Crippen LogP contribution in [0.5, 0.6) is 5.75 Å². The Morgan fingerprint density at radius 3 is 2.67 bits per heavy atom. The van der Waals surface area contributed by atoms with Gasteiger partial charge in [-0.25, -0.2) is 4.98 Å². The first-order valence-corrected chi connectivity index (χ1v) is 8.52. The fourth-order valence-electron chi connectivity index (χ4n) is 2.02. The van der Waals surface area contributed by atoms with Crippen LogP contribution in [0.15, 0.2) is 34.6 Å². The van der Waals surface area contributed by atoms with E-state index >= 15 is 0 Å². The molecule has 1 heterocycles. The topological polar surface area (TPSA) is 58.5 Å². The maximum Gasteiger partial charge on any atom is 0.191 e. The van der Waals surface area contributed by atoms with E-state index < -0.39 is 0 Å². The van der Waals surface area contributed by atoms with Crippen molar-refractivity contribution in [1.29, 1.82) is 0 Å². The van der Waals surface area contributed by atoms with E-state index in [2.05, 4.69) is 45.9 Å². The highest BCUT2D eigenvalue weighted by Gasteiger charge is 2.06. The van der Waals surface area contributed by atoms with Crippen LogP contribution in [0, 0.1) is 0 Å². The zero-order valence-electron chi connectivity index (χ0n) is 14.5. The average molecular weight is 460 g/mol.